The van der Waals surface area contributed by atoms with Crippen molar-refractivity contribution in [2.45, 2.75) is 49.8 Å². The smallest absolute Gasteiger partial charge is 0.330 e. The molecule has 3 atom stereocenters. The quantitative estimate of drug-likeness (QED) is 0.252. The van der Waals surface area contributed by atoms with Gasteiger partial charge in [0, 0.05) is 11.8 Å². The van der Waals surface area contributed by atoms with Crippen LogP contribution in [-0.2, 0) is 30.9 Å². The number of hydrogen-bond donors (Lipinski definition) is 2. The first-order chi connectivity index (χ1) is 18.0. The Labute approximate surface area is 227 Å². The van der Waals surface area contributed by atoms with Gasteiger partial charge in [-0.15, -0.1) is 11.6 Å². The fraction of sp³-hybridized carbons (Fsp3) is 0.321. The molecule has 0 amide bonds. The maximum atomic E-state index is 15.4. The first-order valence-corrected chi connectivity index (χ1v) is 13.9. The molecule has 0 aliphatic heterocycles. The zero-order valence-corrected chi connectivity index (χ0v) is 23.1. The van der Waals surface area contributed by atoms with E-state index in [0.29, 0.717) is 5.56 Å². The lowest BCUT2D eigenvalue weighted by Gasteiger charge is -2.42. The molecule has 3 rings (SSSR count). The SMILES string of the molecule is COC(=O)C(NS(=O)(=O)c1ccccc1O)(C(C)OCc1ccccc1)C(CCl)c1c(F)ccc(C)c1C. The van der Waals surface area contributed by atoms with Crippen molar-refractivity contribution >= 4 is 27.6 Å². The Kier molecular flexibility index (Phi) is 9.54. The van der Waals surface area contributed by atoms with Crippen molar-refractivity contribution in [1.29, 1.82) is 0 Å². The van der Waals surface area contributed by atoms with Crippen molar-refractivity contribution in [1.82, 2.24) is 4.72 Å². The van der Waals surface area contributed by atoms with Crippen molar-refractivity contribution in [2.24, 2.45) is 0 Å². The fourth-order valence-electron chi connectivity index (χ4n) is 4.50. The molecule has 0 heterocycles. The highest BCUT2D eigenvalue weighted by molar-refractivity contribution is 7.89. The number of nitrogens with one attached hydrogen (secondary N) is 1. The van der Waals surface area contributed by atoms with Gasteiger partial charge >= 0.3 is 5.97 Å². The van der Waals surface area contributed by atoms with Gasteiger partial charge in [0.25, 0.3) is 0 Å². The van der Waals surface area contributed by atoms with Crippen LogP contribution in [0.2, 0.25) is 0 Å². The van der Waals surface area contributed by atoms with Gasteiger partial charge in [0.1, 0.15) is 16.5 Å². The minimum atomic E-state index is -4.59. The molecule has 0 fully saturated rings. The number of benzene rings is 3. The predicted octanol–water partition coefficient (Wildman–Crippen LogP) is 4.97. The highest BCUT2D eigenvalue weighted by Gasteiger charge is 2.56. The lowest BCUT2D eigenvalue weighted by molar-refractivity contribution is -0.156. The molecule has 0 saturated heterocycles. The Morgan fingerprint density at radius 1 is 1.08 bits per heavy atom. The van der Waals surface area contributed by atoms with Gasteiger partial charge in [-0.05, 0) is 61.2 Å². The van der Waals surface area contributed by atoms with Crippen LogP contribution in [0.1, 0.15) is 35.1 Å². The zero-order chi connectivity index (χ0) is 28.1. The molecule has 0 aromatic heterocycles. The van der Waals surface area contributed by atoms with Crippen LogP contribution in [0.25, 0.3) is 0 Å². The summed E-state index contributed by atoms with van der Waals surface area (Å²) in [5, 5.41) is 10.3. The molecule has 0 saturated carbocycles. The van der Waals surface area contributed by atoms with E-state index in [2.05, 4.69) is 4.72 Å². The summed E-state index contributed by atoms with van der Waals surface area (Å²) >= 11 is 6.44. The summed E-state index contributed by atoms with van der Waals surface area (Å²) in [4.78, 5) is 13.2. The van der Waals surface area contributed by atoms with Crippen molar-refractivity contribution in [3.05, 3.63) is 94.8 Å². The van der Waals surface area contributed by atoms with Crippen LogP contribution in [-0.4, -0.2) is 44.1 Å². The second-order valence-electron chi connectivity index (χ2n) is 8.98. The second kappa shape index (κ2) is 12.3. The van der Waals surface area contributed by atoms with Gasteiger partial charge in [-0.25, -0.2) is 17.6 Å². The van der Waals surface area contributed by atoms with Crippen LogP contribution in [0, 0.1) is 19.7 Å². The van der Waals surface area contributed by atoms with Crippen LogP contribution >= 0.6 is 11.6 Å². The normalized spacial score (nSPS) is 14.9. The number of rotatable bonds is 11. The van der Waals surface area contributed by atoms with E-state index in [4.69, 9.17) is 21.1 Å². The molecule has 0 bridgehead atoms. The molecular formula is C28H31ClFNO6S. The first kappa shape index (κ1) is 29.6. The maximum Gasteiger partial charge on any atom is 0.330 e. The number of carbonyl (C=O) groups is 1. The Morgan fingerprint density at radius 3 is 2.32 bits per heavy atom. The van der Waals surface area contributed by atoms with Gasteiger partial charge in [-0.3, -0.25) is 0 Å². The lowest BCUT2D eigenvalue weighted by Crippen LogP contribution is -2.66. The van der Waals surface area contributed by atoms with Crippen LogP contribution in [0.3, 0.4) is 0 Å². The number of hydrogen-bond acceptors (Lipinski definition) is 6. The number of esters is 1. The number of methoxy groups -OCH3 is 1. The summed E-state index contributed by atoms with van der Waals surface area (Å²) in [6.07, 6.45) is -1.21. The van der Waals surface area contributed by atoms with Crippen LogP contribution < -0.4 is 4.72 Å². The number of phenols is 1. The molecule has 0 radical (unpaired) electrons. The Morgan fingerprint density at radius 2 is 1.71 bits per heavy atom. The molecular weight excluding hydrogens is 533 g/mol. The summed E-state index contributed by atoms with van der Waals surface area (Å²) in [5.74, 6) is -3.84. The number of sulfonamides is 1. The number of aryl methyl sites for hydroxylation is 1. The van der Waals surface area contributed by atoms with Gasteiger partial charge < -0.3 is 14.6 Å². The van der Waals surface area contributed by atoms with Crippen molar-refractivity contribution in [3.63, 3.8) is 0 Å². The molecule has 204 valence electrons. The van der Waals surface area contributed by atoms with E-state index in [0.717, 1.165) is 18.2 Å². The maximum absolute atomic E-state index is 15.4. The number of alkyl halides is 1. The molecule has 10 heteroatoms. The third-order valence-corrected chi connectivity index (χ3v) is 8.59. The molecule has 3 aromatic carbocycles. The minimum absolute atomic E-state index is 0.0172. The van der Waals surface area contributed by atoms with E-state index in [1.807, 2.05) is 30.3 Å². The van der Waals surface area contributed by atoms with Crippen LogP contribution in [0.5, 0.6) is 5.75 Å². The summed E-state index contributed by atoms with van der Waals surface area (Å²) in [6, 6.07) is 17.2. The van der Waals surface area contributed by atoms with Gasteiger partial charge in [0.05, 0.1) is 19.8 Å². The molecule has 3 unspecified atom stereocenters. The number of ether oxygens (including phenoxy) is 2. The van der Waals surface area contributed by atoms with Crippen molar-refractivity contribution < 1.29 is 32.2 Å². The van der Waals surface area contributed by atoms with E-state index in [1.54, 1.807) is 19.9 Å². The van der Waals surface area contributed by atoms with E-state index >= 15 is 4.39 Å². The van der Waals surface area contributed by atoms with Gasteiger partial charge in [0.15, 0.2) is 5.54 Å². The van der Waals surface area contributed by atoms with Gasteiger partial charge in [0.2, 0.25) is 10.0 Å². The zero-order valence-electron chi connectivity index (χ0n) is 21.6. The summed E-state index contributed by atoms with van der Waals surface area (Å²) in [5.41, 5.74) is -0.189. The van der Waals surface area contributed by atoms with E-state index in [1.165, 1.54) is 37.3 Å². The second-order valence-corrected chi connectivity index (χ2v) is 10.9. The summed E-state index contributed by atoms with van der Waals surface area (Å²) in [6.45, 7) is 4.95. The monoisotopic (exact) mass is 563 g/mol. The third-order valence-electron chi connectivity index (χ3n) is 6.75. The third kappa shape index (κ3) is 5.86. The Bertz CT molecular complexity index is 1390. The Balaban J connectivity index is 2.26. The molecule has 38 heavy (non-hydrogen) atoms. The number of halogens is 2. The van der Waals surface area contributed by atoms with Crippen molar-refractivity contribution in [3.8, 4) is 5.75 Å². The summed E-state index contributed by atoms with van der Waals surface area (Å²) < 4.78 is 56.4. The molecule has 0 spiro atoms. The molecule has 0 aliphatic carbocycles. The topological polar surface area (TPSA) is 102 Å². The molecule has 0 aliphatic rings. The van der Waals surface area contributed by atoms with Crippen molar-refractivity contribution in [2.75, 3.05) is 13.0 Å². The van der Waals surface area contributed by atoms with E-state index < -0.39 is 50.0 Å². The van der Waals surface area contributed by atoms with Crippen LogP contribution in [0.15, 0.2) is 71.6 Å². The number of phenolic OH excluding ortho intramolecular Hbond substituents is 1. The average molecular weight is 564 g/mol. The average Bonchev–Trinajstić information content (AvgIpc) is 2.91. The predicted molar refractivity (Wildman–Crippen MR) is 143 cm³/mol. The highest BCUT2D eigenvalue weighted by atomic mass is 35.5. The number of aromatic hydroxyl groups is 1. The van der Waals surface area contributed by atoms with E-state index in [-0.39, 0.29) is 18.1 Å². The highest BCUT2D eigenvalue weighted by Crippen LogP contribution is 2.40. The summed E-state index contributed by atoms with van der Waals surface area (Å²) in [7, 11) is -3.50. The van der Waals surface area contributed by atoms with Gasteiger partial charge in [-0.2, -0.15) is 4.72 Å². The molecule has 3 aromatic rings. The Hall–Kier alpha value is -2.98. The standard InChI is InChI=1S/C28H31ClFNO6S/c1-18-14-15-23(30)26(19(18)2)22(16-29)28(27(33)36-4,20(3)37-17-21-10-6-5-7-11-21)31-38(34,35)25-13-9-8-12-24(25)32/h5-15,20,22,31-32H,16-17H2,1-4H3. The lowest BCUT2D eigenvalue weighted by atomic mass is 9.75. The number of carbonyl (C=O) groups excluding carboxylic acids is 1. The fourth-order valence-corrected chi connectivity index (χ4v) is 6.45. The molecule has 2 N–H and O–H groups in total. The largest absolute Gasteiger partial charge is 0.507 e. The minimum Gasteiger partial charge on any atom is -0.507 e. The molecule has 7 nitrogen and oxygen atoms in total. The van der Waals surface area contributed by atoms with E-state index in [9.17, 15) is 18.3 Å². The van der Waals surface area contributed by atoms with Crippen LogP contribution in [0.4, 0.5) is 4.39 Å². The first-order valence-electron chi connectivity index (χ1n) is 11.9. The van der Waals surface area contributed by atoms with Gasteiger partial charge in [-0.1, -0.05) is 48.5 Å². The number of para-hydroxylation sites is 1.